The third kappa shape index (κ3) is 6.60. The van der Waals surface area contributed by atoms with Crippen molar-refractivity contribution < 1.29 is 17.2 Å². The van der Waals surface area contributed by atoms with E-state index in [1.807, 2.05) is 0 Å². The summed E-state index contributed by atoms with van der Waals surface area (Å²) in [6.45, 7) is 3.11. The Morgan fingerprint density at radius 3 is 2.19 bits per heavy atom. The first-order valence-corrected chi connectivity index (χ1v) is 7.32. The lowest BCUT2D eigenvalue weighted by molar-refractivity contribution is 0.0940. The van der Waals surface area contributed by atoms with Gasteiger partial charge in [-0.25, -0.2) is 17.2 Å². The highest BCUT2D eigenvalue weighted by Gasteiger charge is 2.19. The van der Waals surface area contributed by atoms with Gasteiger partial charge in [0, 0.05) is 19.0 Å². The van der Waals surface area contributed by atoms with Crippen LogP contribution in [0.15, 0.2) is 0 Å². The van der Waals surface area contributed by atoms with Crippen molar-refractivity contribution in [2.75, 3.05) is 31.3 Å². The normalized spacial score (nSPS) is 13.0. The van der Waals surface area contributed by atoms with Gasteiger partial charge in [-0.15, -0.1) is 11.6 Å². The molecule has 0 spiro atoms. The van der Waals surface area contributed by atoms with Crippen LogP contribution in [-0.4, -0.2) is 56.3 Å². The molecule has 0 radical (unpaired) electrons. The second-order valence-electron chi connectivity index (χ2n) is 3.80. The monoisotopic (exact) mass is 277 g/mol. The first-order valence-electron chi connectivity index (χ1n) is 5.07. The highest BCUT2D eigenvalue weighted by atomic mass is 35.5. The molecule has 0 aliphatic heterocycles. The number of sulfone groups is 1. The third-order valence-electron chi connectivity index (χ3n) is 2.21. The Kier molecular flexibility index (Phi) is 7.43. The van der Waals surface area contributed by atoms with E-state index in [-0.39, 0.29) is 24.7 Å². The molecule has 0 saturated carbocycles. The largest absolute Gasteiger partial charge is 0.296 e. The van der Waals surface area contributed by atoms with Crippen molar-refractivity contribution in [2.45, 2.75) is 25.5 Å². The molecular formula is C9H18ClF2NO2S. The zero-order valence-corrected chi connectivity index (χ0v) is 11.1. The molecule has 3 nitrogen and oxygen atoms in total. The molecule has 0 aromatic carbocycles. The summed E-state index contributed by atoms with van der Waals surface area (Å²) >= 11 is 5.46. The molecule has 0 unspecified atom stereocenters. The summed E-state index contributed by atoms with van der Waals surface area (Å²) in [5.41, 5.74) is 0. The minimum atomic E-state index is -3.18. The first-order chi connectivity index (χ1) is 7.29. The smallest absolute Gasteiger partial charge is 0.251 e. The molecular weight excluding hydrogens is 260 g/mol. The van der Waals surface area contributed by atoms with Gasteiger partial charge in [0.1, 0.15) is 0 Å². The Balaban J connectivity index is 4.21. The molecule has 0 saturated heterocycles. The van der Waals surface area contributed by atoms with Crippen LogP contribution in [0.3, 0.4) is 0 Å². The van der Waals surface area contributed by atoms with Crippen LogP contribution >= 0.6 is 11.6 Å². The third-order valence-corrected chi connectivity index (χ3v) is 4.56. The summed E-state index contributed by atoms with van der Waals surface area (Å²) in [6, 6.07) is 0. The maximum Gasteiger partial charge on any atom is 0.251 e. The molecule has 0 bridgehead atoms. The van der Waals surface area contributed by atoms with Gasteiger partial charge in [0.05, 0.1) is 17.5 Å². The topological polar surface area (TPSA) is 37.4 Å². The number of nitrogens with zero attached hydrogens (tertiary/aromatic N) is 1. The van der Waals surface area contributed by atoms with Gasteiger partial charge >= 0.3 is 0 Å². The highest BCUT2D eigenvalue weighted by molar-refractivity contribution is 7.92. The fourth-order valence-corrected chi connectivity index (χ4v) is 2.32. The van der Waals surface area contributed by atoms with Crippen LogP contribution in [0.2, 0.25) is 0 Å². The van der Waals surface area contributed by atoms with E-state index < -0.39 is 28.1 Å². The van der Waals surface area contributed by atoms with Gasteiger partial charge in [-0.1, -0.05) is 0 Å². The van der Waals surface area contributed by atoms with Crippen molar-refractivity contribution in [1.29, 1.82) is 0 Å². The Hall–Kier alpha value is 0.0600. The quantitative estimate of drug-likeness (QED) is 0.633. The summed E-state index contributed by atoms with van der Waals surface area (Å²) in [4.78, 5) is 1.37. The van der Waals surface area contributed by atoms with Gasteiger partial charge in [-0.3, -0.25) is 4.90 Å². The molecule has 0 aromatic rings. The zero-order valence-electron chi connectivity index (χ0n) is 9.50. The van der Waals surface area contributed by atoms with E-state index in [4.69, 9.17) is 11.6 Å². The molecule has 0 amide bonds. The number of rotatable bonds is 8. The predicted octanol–water partition coefficient (Wildman–Crippen LogP) is 1.62. The molecule has 16 heavy (non-hydrogen) atoms. The lowest BCUT2D eigenvalue weighted by atomic mass is 10.5. The van der Waals surface area contributed by atoms with Crippen LogP contribution < -0.4 is 0 Å². The second kappa shape index (κ2) is 7.40. The Morgan fingerprint density at radius 2 is 1.81 bits per heavy atom. The van der Waals surface area contributed by atoms with Crippen molar-refractivity contribution in [3.05, 3.63) is 0 Å². The first kappa shape index (κ1) is 16.1. The molecule has 0 fully saturated rings. The SMILES string of the molecule is CC(C)S(=O)(=O)CCN(CCCl)CC(F)F. The van der Waals surface area contributed by atoms with Crippen LogP contribution in [0.4, 0.5) is 8.78 Å². The van der Waals surface area contributed by atoms with Gasteiger partial charge in [0.15, 0.2) is 9.84 Å². The fraction of sp³-hybridized carbons (Fsp3) is 1.00. The average molecular weight is 278 g/mol. The zero-order chi connectivity index (χ0) is 12.8. The van der Waals surface area contributed by atoms with E-state index in [9.17, 15) is 17.2 Å². The van der Waals surface area contributed by atoms with E-state index in [0.29, 0.717) is 0 Å². The van der Waals surface area contributed by atoms with Crippen LogP contribution in [0.1, 0.15) is 13.8 Å². The molecule has 0 N–H and O–H groups in total. The van der Waals surface area contributed by atoms with E-state index in [1.54, 1.807) is 13.8 Å². The Morgan fingerprint density at radius 1 is 1.25 bits per heavy atom. The molecule has 0 aliphatic carbocycles. The summed E-state index contributed by atoms with van der Waals surface area (Å²) in [5.74, 6) is 0.114. The Bertz CT molecular complexity index is 283. The minimum absolute atomic E-state index is 0.103. The minimum Gasteiger partial charge on any atom is -0.296 e. The number of hydrogen-bond donors (Lipinski definition) is 0. The van der Waals surface area contributed by atoms with E-state index in [0.717, 1.165) is 0 Å². The van der Waals surface area contributed by atoms with E-state index in [1.165, 1.54) is 4.90 Å². The summed E-state index contributed by atoms with van der Waals surface area (Å²) in [5, 5.41) is -0.475. The van der Waals surface area contributed by atoms with Crippen LogP contribution in [0.5, 0.6) is 0 Å². The maximum atomic E-state index is 12.2. The second-order valence-corrected chi connectivity index (χ2v) is 6.85. The van der Waals surface area contributed by atoms with Crippen molar-refractivity contribution in [3.8, 4) is 0 Å². The molecule has 98 valence electrons. The van der Waals surface area contributed by atoms with Crippen molar-refractivity contribution in [1.82, 2.24) is 4.90 Å². The van der Waals surface area contributed by atoms with Crippen LogP contribution in [0.25, 0.3) is 0 Å². The van der Waals surface area contributed by atoms with E-state index in [2.05, 4.69) is 0 Å². The lowest BCUT2D eigenvalue weighted by Gasteiger charge is -2.21. The summed E-state index contributed by atoms with van der Waals surface area (Å²) in [7, 11) is -3.18. The highest BCUT2D eigenvalue weighted by Crippen LogP contribution is 2.04. The lowest BCUT2D eigenvalue weighted by Crippen LogP contribution is -2.36. The molecule has 0 aromatic heterocycles. The average Bonchev–Trinajstić information content (AvgIpc) is 2.13. The van der Waals surface area contributed by atoms with Gasteiger partial charge < -0.3 is 0 Å². The van der Waals surface area contributed by atoms with Gasteiger partial charge in [-0.2, -0.15) is 0 Å². The summed E-state index contributed by atoms with van der Waals surface area (Å²) in [6.07, 6.45) is -2.47. The van der Waals surface area contributed by atoms with Gasteiger partial charge in [-0.05, 0) is 13.8 Å². The van der Waals surface area contributed by atoms with E-state index >= 15 is 0 Å². The Labute approximate surface area is 101 Å². The number of alkyl halides is 3. The van der Waals surface area contributed by atoms with Gasteiger partial charge in [0.25, 0.3) is 6.43 Å². The molecule has 0 rings (SSSR count). The molecule has 0 heterocycles. The van der Waals surface area contributed by atoms with Crippen molar-refractivity contribution in [3.63, 3.8) is 0 Å². The van der Waals surface area contributed by atoms with Crippen LogP contribution in [0, 0.1) is 0 Å². The predicted molar refractivity (Wildman–Crippen MR) is 62.1 cm³/mol. The number of halogens is 3. The fourth-order valence-electron chi connectivity index (χ4n) is 1.10. The van der Waals surface area contributed by atoms with Crippen molar-refractivity contribution >= 4 is 21.4 Å². The standard InChI is InChI=1S/C9H18ClF2NO2S/c1-8(2)16(14,15)6-5-13(4-3-10)7-9(11)12/h8-9H,3-7H2,1-2H3. The molecule has 7 heteroatoms. The van der Waals surface area contributed by atoms with Crippen LogP contribution in [-0.2, 0) is 9.84 Å². The summed E-state index contributed by atoms with van der Waals surface area (Å²) < 4.78 is 47.3. The molecule has 0 aliphatic rings. The number of hydrogen-bond acceptors (Lipinski definition) is 3. The van der Waals surface area contributed by atoms with Crippen molar-refractivity contribution in [2.24, 2.45) is 0 Å². The maximum absolute atomic E-state index is 12.2. The molecule has 0 atom stereocenters. The van der Waals surface area contributed by atoms with Gasteiger partial charge in [0.2, 0.25) is 0 Å².